The Kier molecular flexibility index (Phi) is 6.01. The molecule has 1 aliphatic heterocycles. The van der Waals surface area contributed by atoms with Crippen LogP contribution >= 0.6 is 0 Å². The van der Waals surface area contributed by atoms with Crippen molar-refractivity contribution in [1.29, 1.82) is 0 Å². The van der Waals surface area contributed by atoms with Gasteiger partial charge in [0.05, 0.1) is 23.8 Å². The first kappa shape index (κ1) is 23.8. The highest BCUT2D eigenvalue weighted by Crippen LogP contribution is 2.41. The first-order valence-corrected chi connectivity index (χ1v) is 13.4. The summed E-state index contributed by atoms with van der Waals surface area (Å²) in [7, 11) is 1.44. The highest BCUT2D eigenvalue weighted by atomic mass is 16.5. The number of imidazole rings is 1. The van der Waals surface area contributed by atoms with Crippen LogP contribution in [0.25, 0.3) is 21.9 Å². The number of ketones is 1. The predicted molar refractivity (Wildman–Crippen MR) is 145 cm³/mol. The van der Waals surface area contributed by atoms with E-state index >= 15 is 0 Å². The van der Waals surface area contributed by atoms with Gasteiger partial charge in [0.25, 0.3) is 0 Å². The van der Waals surface area contributed by atoms with E-state index in [1.165, 1.54) is 18.1 Å². The molecule has 192 valence electrons. The quantitative estimate of drug-likeness (QED) is 0.356. The molecule has 1 fully saturated rings. The van der Waals surface area contributed by atoms with Crippen LogP contribution in [-0.2, 0) is 22.4 Å². The Labute approximate surface area is 216 Å². The fourth-order valence-corrected chi connectivity index (χ4v) is 6.52. The number of aromatic nitrogens is 3. The van der Waals surface area contributed by atoms with E-state index in [-0.39, 0.29) is 29.9 Å². The van der Waals surface area contributed by atoms with Crippen molar-refractivity contribution in [3.8, 4) is 0 Å². The third kappa shape index (κ3) is 4.10. The van der Waals surface area contributed by atoms with E-state index in [9.17, 15) is 9.59 Å². The number of hydrogen-bond donors (Lipinski definition) is 1. The molecule has 0 spiro atoms. The number of amides is 1. The maximum atomic E-state index is 12.7. The SMILES string of the molecule is COC(=O)N1c2ccc3c(nc(Cc4ccc5[nH]ccc5c4)n3[C@@H]3CCC[C@@H](C(C)=O)C3)c2CC[C@@H]1C. The van der Waals surface area contributed by atoms with Gasteiger partial charge in [-0.3, -0.25) is 9.69 Å². The van der Waals surface area contributed by atoms with Gasteiger partial charge in [-0.25, -0.2) is 9.78 Å². The number of fused-ring (bicyclic) bond motifs is 4. The minimum Gasteiger partial charge on any atom is -0.452 e. The minimum absolute atomic E-state index is 0.0710. The maximum Gasteiger partial charge on any atom is 0.414 e. The zero-order valence-corrected chi connectivity index (χ0v) is 21.8. The van der Waals surface area contributed by atoms with Crippen LogP contribution in [0.5, 0.6) is 0 Å². The molecular weight excluding hydrogens is 464 g/mol. The Bertz CT molecular complexity index is 1500. The molecule has 0 bridgehead atoms. The van der Waals surface area contributed by atoms with Crippen LogP contribution in [0.1, 0.15) is 68.9 Å². The molecule has 2 aromatic heterocycles. The van der Waals surface area contributed by atoms with Crippen molar-refractivity contribution in [1.82, 2.24) is 14.5 Å². The first-order valence-electron chi connectivity index (χ1n) is 13.4. The van der Waals surface area contributed by atoms with Crippen molar-refractivity contribution in [3.63, 3.8) is 0 Å². The molecule has 1 saturated carbocycles. The van der Waals surface area contributed by atoms with E-state index in [1.807, 2.05) is 6.20 Å². The molecule has 0 radical (unpaired) electrons. The summed E-state index contributed by atoms with van der Waals surface area (Å²) in [5, 5.41) is 1.19. The number of aromatic amines is 1. The number of nitrogens with one attached hydrogen (secondary N) is 1. The van der Waals surface area contributed by atoms with Gasteiger partial charge in [0.15, 0.2) is 0 Å². The smallest absolute Gasteiger partial charge is 0.414 e. The molecule has 3 atom stereocenters. The summed E-state index contributed by atoms with van der Waals surface area (Å²) < 4.78 is 7.53. The van der Waals surface area contributed by atoms with Crippen LogP contribution in [0.3, 0.4) is 0 Å². The number of anilines is 1. The van der Waals surface area contributed by atoms with Crippen LogP contribution in [0.15, 0.2) is 42.6 Å². The summed E-state index contributed by atoms with van der Waals surface area (Å²) in [6.45, 7) is 3.79. The molecule has 6 rings (SSSR count). The second kappa shape index (κ2) is 9.36. The molecule has 3 heterocycles. The topological polar surface area (TPSA) is 80.2 Å². The van der Waals surface area contributed by atoms with Gasteiger partial charge in [-0.2, -0.15) is 0 Å². The Morgan fingerprint density at radius 2 is 2.00 bits per heavy atom. The van der Waals surface area contributed by atoms with Crippen molar-refractivity contribution < 1.29 is 14.3 Å². The van der Waals surface area contributed by atoms with Crippen molar-refractivity contribution in [2.75, 3.05) is 12.0 Å². The van der Waals surface area contributed by atoms with Gasteiger partial charge >= 0.3 is 6.09 Å². The van der Waals surface area contributed by atoms with Crippen LogP contribution in [0.2, 0.25) is 0 Å². The molecule has 1 amide bonds. The molecule has 2 aliphatic rings. The highest BCUT2D eigenvalue weighted by molar-refractivity contribution is 5.95. The van der Waals surface area contributed by atoms with Gasteiger partial charge < -0.3 is 14.3 Å². The Morgan fingerprint density at radius 3 is 2.81 bits per heavy atom. The van der Waals surface area contributed by atoms with Gasteiger partial charge in [-0.15, -0.1) is 0 Å². The Hall–Kier alpha value is -3.61. The summed E-state index contributed by atoms with van der Waals surface area (Å²) in [6, 6.07) is 13.1. The lowest BCUT2D eigenvalue weighted by Crippen LogP contribution is -2.42. The van der Waals surface area contributed by atoms with Gasteiger partial charge in [0, 0.05) is 41.7 Å². The Balaban J connectivity index is 1.49. The number of rotatable bonds is 4. The van der Waals surface area contributed by atoms with Crippen molar-refractivity contribution in [2.24, 2.45) is 5.92 Å². The third-order valence-electron chi connectivity index (χ3n) is 8.47. The summed E-state index contributed by atoms with van der Waals surface area (Å²) in [6.07, 6.45) is 7.99. The molecule has 0 unspecified atom stereocenters. The molecule has 0 saturated heterocycles. The first-order chi connectivity index (χ1) is 17.9. The summed E-state index contributed by atoms with van der Waals surface area (Å²) >= 11 is 0. The lowest BCUT2D eigenvalue weighted by atomic mass is 9.83. The number of benzene rings is 2. The number of methoxy groups -OCH3 is 1. The molecule has 1 aliphatic carbocycles. The minimum atomic E-state index is -0.330. The zero-order valence-electron chi connectivity index (χ0n) is 21.8. The number of nitrogens with zero attached hydrogens (tertiary/aromatic N) is 3. The second-order valence-corrected chi connectivity index (χ2v) is 10.8. The van der Waals surface area contributed by atoms with Crippen molar-refractivity contribution in [3.05, 3.63) is 59.5 Å². The number of H-pyrrole nitrogens is 1. The molecule has 7 heteroatoms. The van der Waals surface area contributed by atoms with E-state index in [1.54, 1.807) is 11.8 Å². The predicted octanol–water partition coefficient (Wildman–Crippen LogP) is 6.34. The van der Waals surface area contributed by atoms with Crippen molar-refractivity contribution >= 4 is 39.5 Å². The number of aryl methyl sites for hydroxylation is 1. The van der Waals surface area contributed by atoms with Gasteiger partial charge in [-0.1, -0.05) is 12.5 Å². The number of carbonyl (C=O) groups excluding carboxylic acids is 2. The fourth-order valence-electron chi connectivity index (χ4n) is 6.52. The third-order valence-corrected chi connectivity index (χ3v) is 8.47. The Morgan fingerprint density at radius 1 is 1.14 bits per heavy atom. The van der Waals surface area contributed by atoms with Crippen molar-refractivity contribution in [2.45, 2.75) is 70.9 Å². The summed E-state index contributed by atoms with van der Waals surface area (Å²) in [5.41, 5.74) is 6.42. The average Bonchev–Trinajstić information content (AvgIpc) is 3.52. The number of ether oxygens (including phenoxy) is 1. The normalized spacial score (nSPS) is 21.8. The number of Topliss-reactive ketones (excluding diaryl/α,β-unsaturated/α-hetero) is 1. The summed E-state index contributed by atoms with van der Waals surface area (Å²) in [5.74, 6) is 1.41. The maximum absolute atomic E-state index is 12.7. The van der Waals surface area contributed by atoms with E-state index < -0.39 is 0 Å². The van der Waals surface area contributed by atoms with Crippen LogP contribution in [0, 0.1) is 5.92 Å². The lowest BCUT2D eigenvalue weighted by molar-refractivity contribution is -0.122. The van der Waals surface area contributed by atoms with E-state index in [2.05, 4.69) is 52.9 Å². The molecule has 1 N–H and O–H groups in total. The highest BCUT2D eigenvalue weighted by Gasteiger charge is 2.33. The standard InChI is InChI=1S/C30H34N4O3/c1-18-7-9-24-26(33(18)30(36)37-3)11-12-27-29(24)32-28(16-20-8-10-25-22(15-20)13-14-31-25)34(27)23-6-4-5-21(17-23)19(2)35/h8,10-15,18,21,23,31H,4-7,9,16-17H2,1-3H3/t18-,21+,23+/m0/s1. The van der Waals surface area contributed by atoms with E-state index in [0.29, 0.717) is 6.42 Å². The number of carbonyl (C=O) groups is 2. The number of hydrogen-bond acceptors (Lipinski definition) is 4. The van der Waals surface area contributed by atoms with Gasteiger partial charge in [0.1, 0.15) is 11.6 Å². The lowest BCUT2D eigenvalue weighted by Gasteiger charge is -2.34. The van der Waals surface area contributed by atoms with Gasteiger partial charge in [-0.05, 0) is 87.2 Å². The molecule has 7 nitrogen and oxygen atoms in total. The average molecular weight is 499 g/mol. The van der Waals surface area contributed by atoms with Gasteiger partial charge in [0.2, 0.25) is 0 Å². The van der Waals surface area contributed by atoms with Crippen LogP contribution < -0.4 is 4.90 Å². The second-order valence-electron chi connectivity index (χ2n) is 10.8. The molecule has 2 aromatic carbocycles. The fraction of sp³-hybridized carbons (Fsp3) is 0.433. The van der Waals surface area contributed by atoms with E-state index in [4.69, 9.17) is 9.72 Å². The summed E-state index contributed by atoms with van der Waals surface area (Å²) in [4.78, 5) is 35.3. The largest absolute Gasteiger partial charge is 0.452 e. The van der Waals surface area contributed by atoms with E-state index in [0.717, 1.165) is 72.2 Å². The zero-order chi connectivity index (χ0) is 25.7. The monoisotopic (exact) mass is 498 g/mol. The van der Waals surface area contributed by atoms with Crippen LogP contribution in [-0.4, -0.2) is 39.6 Å². The molecule has 37 heavy (non-hydrogen) atoms. The van der Waals surface area contributed by atoms with Crippen LogP contribution in [0.4, 0.5) is 10.5 Å². The molecule has 4 aromatic rings. The molecular formula is C30H34N4O3.